The monoisotopic (exact) mass is 501 g/mol. The van der Waals surface area contributed by atoms with Crippen LogP contribution in [0.1, 0.15) is 37.3 Å². The number of para-hydroxylation sites is 1. The third kappa shape index (κ3) is 5.16. The van der Waals surface area contributed by atoms with Crippen LogP contribution in [-0.4, -0.2) is 69.5 Å². The largest absolute Gasteiger partial charge is 0.507 e. The Kier molecular flexibility index (Phi) is 8.06. The van der Waals surface area contributed by atoms with Gasteiger partial charge in [-0.2, -0.15) is 0 Å². The molecule has 4 N–H and O–H groups in total. The smallest absolute Gasteiger partial charge is 0.343 e. The normalized spacial score (nSPS) is 26.2. The number of ether oxygens (including phenoxy) is 1. The van der Waals surface area contributed by atoms with Crippen molar-refractivity contribution in [2.75, 3.05) is 7.11 Å². The molecular formula is C26H31NO9. The van der Waals surface area contributed by atoms with Crippen molar-refractivity contribution in [3.63, 3.8) is 0 Å². The van der Waals surface area contributed by atoms with Crippen LogP contribution < -0.4 is 5.63 Å². The number of aromatic hydroxyl groups is 1. The molecule has 1 aliphatic rings. The van der Waals surface area contributed by atoms with Gasteiger partial charge in [0.15, 0.2) is 0 Å². The average molecular weight is 502 g/mol. The lowest BCUT2D eigenvalue weighted by atomic mass is 9.86. The molecule has 10 nitrogen and oxygen atoms in total. The Labute approximate surface area is 207 Å². The van der Waals surface area contributed by atoms with Gasteiger partial charge in [-0.25, -0.2) is 9.63 Å². The molecule has 0 bridgehead atoms. The molecule has 3 aromatic rings. The number of aliphatic hydroxyl groups excluding tert-OH is 3. The van der Waals surface area contributed by atoms with Crippen LogP contribution in [-0.2, 0) is 14.4 Å². The van der Waals surface area contributed by atoms with Crippen LogP contribution in [0.3, 0.4) is 0 Å². The number of benzene rings is 2. The first-order valence-electron chi connectivity index (χ1n) is 11.7. The Bertz CT molecular complexity index is 1220. The highest BCUT2D eigenvalue weighted by atomic mass is 17.0. The highest BCUT2D eigenvalue weighted by Gasteiger charge is 2.44. The third-order valence-electron chi connectivity index (χ3n) is 6.50. The minimum absolute atomic E-state index is 0.101. The van der Waals surface area contributed by atoms with Crippen LogP contribution in [0.15, 0.2) is 63.8 Å². The Balaban J connectivity index is 1.65. The van der Waals surface area contributed by atoms with Crippen LogP contribution in [0.5, 0.6) is 5.75 Å². The second-order valence-electron chi connectivity index (χ2n) is 8.95. The summed E-state index contributed by atoms with van der Waals surface area (Å²) in [7, 11) is 1.36. The quantitative estimate of drug-likeness (QED) is 0.268. The van der Waals surface area contributed by atoms with E-state index < -0.39 is 48.3 Å². The van der Waals surface area contributed by atoms with Crippen LogP contribution in [0.25, 0.3) is 11.0 Å². The van der Waals surface area contributed by atoms with Gasteiger partial charge in [0.2, 0.25) is 6.29 Å². The lowest BCUT2D eigenvalue weighted by Gasteiger charge is -2.41. The van der Waals surface area contributed by atoms with Crippen molar-refractivity contribution < 1.29 is 39.3 Å². The molecule has 7 atom stereocenters. The number of hydrogen-bond acceptors (Lipinski definition) is 10. The zero-order valence-corrected chi connectivity index (χ0v) is 20.2. The summed E-state index contributed by atoms with van der Waals surface area (Å²) < 4.78 is 11.0. The molecule has 1 fully saturated rings. The fourth-order valence-electron chi connectivity index (χ4n) is 4.52. The van der Waals surface area contributed by atoms with E-state index in [1.807, 2.05) is 30.3 Å². The predicted octanol–water partition coefficient (Wildman–Crippen LogP) is 2.03. The molecule has 10 heteroatoms. The number of nitrogens with zero attached hydrogens (tertiary/aromatic N) is 1. The van der Waals surface area contributed by atoms with Crippen LogP contribution in [0.4, 0.5) is 0 Å². The molecule has 0 aliphatic carbocycles. The number of hydroxylamine groups is 2. The summed E-state index contributed by atoms with van der Waals surface area (Å²) in [6.45, 7) is 3.31. The molecule has 194 valence electrons. The highest BCUT2D eigenvalue weighted by molar-refractivity contribution is 5.84. The molecule has 3 unspecified atom stereocenters. The van der Waals surface area contributed by atoms with Gasteiger partial charge in [-0.1, -0.05) is 47.7 Å². The summed E-state index contributed by atoms with van der Waals surface area (Å²) in [5.74, 6) is -0.767. The van der Waals surface area contributed by atoms with Gasteiger partial charge in [-0.3, -0.25) is 4.84 Å². The minimum Gasteiger partial charge on any atom is -0.507 e. The number of hydrogen-bond donors (Lipinski definition) is 4. The molecule has 4 rings (SSSR count). The summed E-state index contributed by atoms with van der Waals surface area (Å²) in [6.07, 6.45) is -6.14. The summed E-state index contributed by atoms with van der Waals surface area (Å²) in [5.41, 5.74) is 0.487. The maximum absolute atomic E-state index is 13.0. The summed E-state index contributed by atoms with van der Waals surface area (Å²) in [6, 6.07) is 15.4. The van der Waals surface area contributed by atoms with Crippen molar-refractivity contribution >= 4 is 11.0 Å². The standard InChI is InChI=1S/C26H31NO9/c1-14(27(33-3)36-26-24(31)23(30)21(28)15(2)34-26)13-18(16-9-5-4-6-10-16)20-22(29)17-11-7-8-12-19(17)35-25(20)32/h4-12,14-15,18,21,23-24,26,28-31H,13H2,1-3H3/t14?,15-,18?,21-,23+,24-,26?/m1/s1. The van der Waals surface area contributed by atoms with Gasteiger partial charge >= 0.3 is 5.63 Å². The molecular weight excluding hydrogens is 470 g/mol. The third-order valence-corrected chi connectivity index (χ3v) is 6.50. The molecule has 0 saturated carbocycles. The van der Waals surface area contributed by atoms with Crippen molar-refractivity contribution in [1.29, 1.82) is 0 Å². The van der Waals surface area contributed by atoms with Crippen molar-refractivity contribution in [1.82, 2.24) is 5.23 Å². The summed E-state index contributed by atoms with van der Waals surface area (Å²) in [5, 5.41) is 43.0. The lowest BCUT2D eigenvalue weighted by molar-refractivity contribution is -0.452. The Morgan fingerprint density at radius 1 is 1.00 bits per heavy atom. The Morgan fingerprint density at radius 3 is 2.36 bits per heavy atom. The van der Waals surface area contributed by atoms with Crippen LogP contribution in [0.2, 0.25) is 0 Å². The van der Waals surface area contributed by atoms with Crippen LogP contribution >= 0.6 is 0 Å². The van der Waals surface area contributed by atoms with Crippen molar-refractivity contribution in [2.24, 2.45) is 0 Å². The number of fused-ring (bicyclic) bond motifs is 1. The zero-order valence-electron chi connectivity index (χ0n) is 20.2. The fourth-order valence-corrected chi connectivity index (χ4v) is 4.52. The highest BCUT2D eigenvalue weighted by Crippen LogP contribution is 2.37. The average Bonchev–Trinajstić information content (AvgIpc) is 2.88. The molecule has 0 radical (unpaired) electrons. The number of aliphatic hydroxyl groups is 3. The minimum atomic E-state index is -1.53. The van der Waals surface area contributed by atoms with Gasteiger partial charge in [0.1, 0.15) is 29.6 Å². The van der Waals surface area contributed by atoms with Gasteiger partial charge < -0.3 is 29.6 Å². The molecule has 1 aromatic heterocycles. The molecule has 1 aliphatic heterocycles. The first-order valence-corrected chi connectivity index (χ1v) is 11.7. The van der Waals surface area contributed by atoms with Crippen molar-refractivity contribution in [3.05, 3.63) is 76.1 Å². The zero-order chi connectivity index (χ0) is 26.0. The molecule has 0 spiro atoms. The van der Waals surface area contributed by atoms with Gasteiger partial charge in [0.05, 0.1) is 30.2 Å². The first kappa shape index (κ1) is 26.2. The Hall–Kier alpha value is -2.83. The van der Waals surface area contributed by atoms with Crippen LogP contribution in [0, 0.1) is 0 Å². The van der Waals surface area contributed by atoms with E-state index in [-0.39, 0.29) is 23.3 Å². The van der Waals surface area contributed by atoms with Crippen molar-refractivity contribution in [3.8, 4) is 5.75 Å². The molecule has 2 aromatic carbocycles. The van der Waals surface area contributed by atoms with Gasteiger partial charge in [-0.05, 0) is 38.0 Å². The molecule has 0 amide bonds. The molecule has 1 saturated heterocycles. The maximum Gasteiger partial charge on any atom is 0.343 e. The van der Waals surface area contributed by atoms with Crippen molar-refractivity contribution in [2.45, 2.75) is 62.9 Å². The van der Waals surface area contributed by atoms with E-state index in [9.17, 15) is 25.2 Å². The van der Waals surface area contributed by atoms with E-state index in [1.165, 1.54) is 7.11 Å². The topological polar surface area (TPSA) is 142 Å². The lowest BCUT2D eigenvalue weighted by Crippen LogP contribution is -2.58. The van der Waals surface area contributed by atoms with E-state index in [0.29, 0.717) is 5.39 Å². The number of rotatable bonds is 8. The van der Waals surface area contributed by atoms with E-state index in [0.717, 1.165) is 10.8 Å². The molecule has 2 heterocycles. The maximum atomic E-state index is 13.0. The Morgan fingerprint density at radius 2 is 1.67 bits per heavy atom. The van der Waals surface area contributed by atoms with Gasteiger partial charge in [-0.15, -0.1) is 0 Å². The molecule has 36 heavy (non-hydrogen) atoms. The van der Waals surface area contributed by atoms with E-state index >= 15 is 0 Å². The summed E-state index contributed by atoms with van der Waals surface area (Å²) in [4.78, 5) is 24.1. The predicted molar refractivity (Wildman–Crippen MR) is 129 cm³/mol. The van der Waals surface area contributed by atoms with Gasteiger partial charge in [0, 0.05) is 5.92 Å². The second kappa shape index (κ2) is 11.1. The SMILES string of the molecule is CON(OC1O[C@H](C)[C@@H](O)[C@H](O)[C@H]1O)C(C)CC(c1ccccc1)c1c(O)c2ccccc2oc1=O. The van der Waals surface area contributed by atoms with Gasteiger partial charge in [0.25, 0.3) is 0 Å². The van der Waals surface area contributed by atoms with E-state index in [1.54, 1.807) is 38.1 Å². The second-order valence-corrected chi connectivity index (χ2v) is 8.95. The first-order chi connectivity index (χ1) is 17.2. The summed E-state index contributed by atoms with van der Waals surface area (Å²) >= 11 is 0. The fraction of sp³-hybridized carbons (Fsp3) is 0.423. The van der Waals surface area contributed by atoms with E-state index in [2.05, 4.69) is 0 Å². The van der Waals surface area contributed by atoms with E-state index in [4.69, 9.17) is 18.8 Å².